The quantitative estimate of drug-likeness (QED) is 0.878. The first kappa shape index (κ1) is 18.1. The Kier molecular flexibility index (Phi) is 5.50. The smallest absolute Gasteiger partial charge is 0.251 e. The lowest BCUT2D eigenvalue weighted by molar-refractivity contribution is -0.143. The first-order chi connectivity index (χ1) is 13.2. The number of rotatable bonds is 4. The summed E-state index contributed by atoms with van der Waals surface area (Å²) in [5, 5.41) is 5.01. The van der Waals surface area contributed by atoms with Gasteiger partial charge >= 0.3 is 0 Å². The molecule has 0 radical (unpaired) electrons. The second kappa shape index (κ2) is 8.19. The molecule has 0 unspecified atom stereocenters. The third kappa shape index (κ3) is 4.20. The molecule has 6 nitrogen and oxygen atoms in total. The zero-order chi connectivity index (χ0) is 18.6. The summed E-state index contributed by atoms with van der Waals surface area (Å²) in [5.41, 5.74) is 4.48. The average Bonchev–Trinajstić information content (AvgIpc) is 3.42. The highest BCUT2D eigenvalue weighted by molar-refractivity contribution is 7.07. The fourth-order valence-electron chi connectivity index (χ4n) is 3.69. The van der Waals surface area contributed by atoms with Crippen LogP contribution in [0.4, 0.5) is 5.69 Å². The highest BCUT2D eigenvalue weighted by Crippen LogP contribution is 2.25. The van der Waals surface area contributed by atoms with Crippen LogP contribution >= 0.6 is 11.3 Å². The molecule has 3 heterocycles. The lowest BCUT2D eigenvalue weighted by Gasteiger charge is -2.32. The van der Waals surface area contributed by atoms with Crippen LogP contribution in [0.2, 0.25) is 0 Å². The van der Waals surface area contributed by atoms with E-state index in [1.54, 1.807) is 16.8 Å². The molecule has 142 valence electrons. The summed E-state index contributed by atoms with van der Waals surface area (Å²) < 4.78 is 5.49. The van der Waals surface area contributed by atoms with Gasteiger partial charge in [-0.2, -0.15) is 0 Å². The van der Waals surface area contributed by atoms with Crippen molar-refractivity contribution < 1.29 is 14.3 Å². The molecule has 2 aliphatic rings. The van der Waals surface area contributed by atoms with E-state index in [2.05, 4.69) is 10.3 Å². The standard InChI is InChI=1S/C20H23N3O3S/c24-19(22-16-4-1-3-15(11-16)17-12-27-13-21-17)14-6-8-23(9-7-14)20(25)18-5-2-10-26-18/h1,3-4,11-14,18H,2,5-10H2,(H,22,24)/t18-/m1/s1. The number of hydrogen-bond acceptors (Lipinski definition) is 5. The Morgan fingerprint density at radius 3 is 2.78 bits per heavy atom. The summed E-state index contributed by atoms with van der Waals surface area (Å²) in [6.07, 6.45) is 2.87. The lowest BCUT2D eigenvalue weighted by Crippen LogP contribution is -2.45. The van der Waals surface area contributed by atoms with Crippen LogP contribution in [0, 0.1) is 5.92 Å². The molecule has 0 bridgehead atoms. The van der Waals surface area contributed by atoms with Crippen LogP contribution < -0.4 is 5.32 Å². The predicted molar refractivity (Wildman–Crippen MR) is 104 cm³/mol. The van der Waals surface area contributed by atoms with E-state index in [9.17, 15) is 9.59 Å². The van der Waals surface area contributed by atoms with Crippen LogP contribution in [-0.4, -0.2) is 47.5 Å². The Balaban J connectivity index is 1.32. The Morgan fingerprint density at radius 1 is 1.22 bits per heavy atom. The number of ether oxygens (including phenoxy) is 1. The molecule has 2 saturated heterocycles. The van der Waals surface area contributed by atoms with Gasteiger partial charge in [-0.3, -0.25) is 9.59 Å². The minimum Gasteiger partial charge on any atom is -0.368 e. The third-order valence-electron chi connectivity index (χ3n) is 5.24. The first-order valence-electron chi connectivity index (χ1n) is 9.40. The minimum absolute atomic E-state index is 0.0228. The van der Waals surface area contributed by atoms with Crippen LogP contribution in [0.15, 0.2) is 35.2 Å². The van der Waals surface area contributed by atoms with Crippen molar-refractivity contribution in [2.24, 2.45) is 5.92 Å². The summed E-state index contributed by atoms with van der Waals surface area (Å²) in [6, 6.07) is 7.75. The molecule has 1 N–H and O–H groups in total. The van der Waals surface area contributed by atoms with E-state index in [0.29, 0.717) is 32.5 Å². The molecule has 1 aromatic heterocycles. The Bertz CT molecular complexity index is 795. The zero-order valence-electron chi connectivity index (χ0n) is 15.1. The monoisotopic (exact) mass is 385 g/mol. The van der Waals surface area contributed by atoms with Crippen molar-refractivity contribution in [3.63, 3.8) is 0 Å². The summed E-state index contributed by atoms with van der Waals surface area (Å²) >= 11 is 1.55. The molecular weight excluding hydrogens is 362 g/mol. The zero-order valence-corrected chi connectivity index (χ0v) is 15.9. The summed E-state index contributed by atoms with van der Waals surface area (Å²) in [7, 11) is 0. The molecular formula is C20H23N3O3S. The number of anilines is 1. The van der Waals surface area contributed by atoms with Crippen molar-refractivity contribution in [3.8, 4) is 11.3 Å². The Morgan fingerprint density at radius 2 is 2.07 bits per heavy atom. The molecule has 2 aliphatic heterocycles. The van der Waals surface area contributed by atoms with Crippen molar-refractivity contribution in [1.29, 1.82) is 0 Å². The van der Waals surface area contributed by atoms with Crippen LogP contribution in [-0.2, 0) is 14.3 Å². The number of thiazole rings is 1. The van der Waals surface area contributed by atoms with Gasteiger partial charge < -0.3 is 15.0 Å². The summed E-state index contributed by atoms with van der Waals surface area (Å²) in [6.45, 7) is 1.92. The maximum Gasteiger partial charge on any atom is 0.251 e. The Labute approximate surface area is 162 Å². The number of carbonyl (C=O) groups is 2. The second-order valence-corrected chi connectivity index (χ2v) is 7.76. The number of benzene rings is 1. The van der Waals surface area contributed by atoms with Crippen LogP contribution in [0.5, 0.6) is 0 Å². The lowest BCUT2D eigenvalue weighted by atomic mass is 9.95. The molecule has 0 saturated carbocycles. The number of carbonyl (C=O) groups excluding carboxylic acids is 2. The number of piperidine rings is 1. The molecule has 1 aromatic carbocycles. The normalized spacial score (nSPS) is 20.6. The van der Waals surface area contributed by atoms with Gasteiger partial charge in [0.15, 0.2) is 0 Å². The van der Waals surface area contributed by atoms with Gasteiger partial charge in [-0.1, -0.05) is 12.1 Å². The van der Waals surface area contributed by atoms with Crippen LogP contribution in [0.3, 0.4) is 0 Å². The molecule has 7 heteroatoms. The van der Waals surface area contributed by atoms with E-state index < -0.39 is 0 Å². The second-order valence-electron chi connectivity index (χ2n) is 7.04. The maximum absolute atomic E-state index is 12.6. The maximum atomic E-state index is 12.6. The largest absolute Gasteiger partial charge is 0.368 e. The minimum atomic E-state index is -0.274. The van der Waals surface area contributed by atoms with E-state index in [0.717, 1.165) is 29.8 Å². The van der Waals surface area contributed by atoms with Crippen molar-refractivity contribution in [1.82, 2.24) is 9.88 Å². The molecule has 2 amide bonds. The number of nitrogens with one attached hydrogen (secondary N) is 1. The van der Waals surface area contributed by atoms with E-state index in [4.69, 9.17) is 4.74 Å². The highest BCUT2D eigenvalue weighted by Gasteiger charge is 2.32. The van der Waals surface area contributed by atoms with E-state index in [-0.39, 0.29) is 23.8 Å². The van der Waals surface area contributed by atoms with Crippen molar-refractivity contribution in [2.75, 3.05) is 25.0 Å². The predicted octanol–water partition coefficient (Wildman–Crippen LogP) is 3.17. The molecule has 27 heavy (non-hydrogen) atoms. The van der Waals surface area contributed by atoms with Gasteiger partial charge in [0.1, 0.15) is 6.10 Å². The molecule has 0 spiro atoms. The Hall–Kier alpha value is -2.25. The SMILES string of the molecule is O=C(Nc1cccc(-c2cscn2)c1)C1CCN(C(=O)[C@H]2CCCO2)CC1. The third-order valence-corrected chi connectivity index (χ3v) is 5.83. The van der Waals surface area contributed by atoms with Crippen molar-refractivity contribution in [2.45, 2.75) is 31.8 Å². The fraction of sp³-hybridized carbons (Fsp3) is 0.450. The number of likely N-dealkylation sites (tertiary alicyclic amines) is 1. The molecule has 2 aromatic rings. The molecule has 2 fully saturated rings. The van der Waals surface area contributed by atoms with E-state index >= 15 is 0 Å². The summed E-state index contributed by atoms with van der Waals surface area (Å²) in [4.78, 5) is 31.2. The topological polar surface area (TPSA) is 71.5 Å². The highest BCUT2D eigenvalue weighted by atomic mass is 32.1. The number of amides is 2. The van der Waals surface area contributed by atoms with Gasteiger partial charge in [0.05, 0.1) is 11.2 Å². The van der Waals surface area contributed by atoms with Gasteiger partial charge in [0.2, 0.25) is 5.91 Å². The van der Waals surface area contributed by atoms with Gasteiger partial charge in [-0.05, 0) is 37.8 Å². The van der Waals surface area contributed by atoms with Crippen molar-refractivity contribution in [3.05, 3.63) is 35.2 Å². The van der Waals surface area contributed by atoms with Crippen LogP contribution in [0.1, 0.15) is 25.7 Å². The fourth-order valence-corrected chi connectivity index (χ4v) is 4.25. The molecule has 4 rings (SSSR count). The number of nitrogens with zero attached hydrogens (tertiary/aromatic N) is 2. The molecule has 1 atom stereocenters. The van der Waals surface area contributed by atoms with Crippen molar-refractivity contribution >= 4 is 28.8 Å². The summed E-state index contributed by atoms with van der Waals surface area (Å²) in [5.74, 6) is 0.0402. The number of aromatic nitrogens is 1. The first-order valence-corrected chi connectivity index (χ1v) is 10.3. The average molecular weight is 385 g/mol. The number of hydrogen-bond donors (Lipinski definition) is 1. The van der Waals surface area contributed by atoms with E-state index in [1.165, 1.54) is 0 Å². The van der Waals surface area contributed by atoms with Gasteiger partial charge in [0, 0.05) is 42.2 Å². The van der Waals surface area contributed by atoms with Crippen LogP contribution in [0.25, 0.3) is 11.3 Å². The molecule has 0 aliphatic carbocycles. The van der Waals surface area contributed by atoms with E-state index in [1.807, 2.05) is 34.5 Å². The van der Waals surface area contributed by atoms with Gasteiger partial charge in [-0.25, -0.2) is 4.98 Å². The van der Waals surface area contributed by atoms with Gasteiger partial charge in [0.25, 0.3) is 5.91 Å². The van der Waals surface area contributed by atoms with Gasteiger partial charge in [-0.15, -0.1) is 11.3 Å².